The number of benzene rings is 2. The van der Waals surface area contributed by atoms with Crippen LogP contribution in [0.3, 0.4) is 0 Å². The molecular formula is C28H37N3O5. The van der Waals surface area contributed by atoms with Crippen molar-refractivity contribution in [2.75, 3.05) is 13.1 Å². The van der Waals surface area contributed by atoms with Gasteiger partial charge in [-0.1, -0.05) is 49.4 Å². The first-order valence-corrected chi connectivity index (χ1v) is 12.5. The van der Waals surface area contributed by atoms with Gasteiger partial charge < -0.3 is 25.4 Å². The third kappa shape index (κ3) is 8.37. The van der Waals surface area contributed by atoms with Crippen LogP contribution in [0, 0.1) is 5.92 Å². The van der Waals surface area contributed by atoms with E-state index < -0.39 is 17.9 Å². The summed E-state index contributed by atoms with van der Waals surface area (Å²) >= 11 is 0. The second-order valence-electron chi connectivity index (χ2n) is 9.59. The SMILES string of the molecule is CC1CN(C(=O)C(Cc2ccc(OCc3ccccc3)cc2)NC(=O)CCC(C)C(N)=O)CC(C)O1. The van der Waals surface area contributed by atoms with Crippen molar-refractivity contribution in [2.24, 2.45) is 11.7 Å². The lowest BCUT2D eigenvalue weighted by molar-refractivity contribution is -0.146. The van der Waals surface area contributed by atoms with Gasteiger partial charge in [0, 0.05) is 31.8 Å². The van der Waals surface area contributed by atoms with Crippen molar-refractivity contribution in [1.29, 1.82) is 0 Å². The van der Waals surface area contributed by atoms with Crippen LogP contribution in [0.25, 0.3) is 0 Å². The minimum absolute atomic E-state index is 0.0773. The third-order valence-electron chi connectivity index (χ3n) is 6.27. The maximum Gasteiger partial charge on any atom is 0.245 e. The van der Waals surface area contributed by atoms with Crippen molar-refractivity contribution in [1.82, 2.24) is 10.2 Å². The molecule has 3 N–H and O–H groups in total. The first-order valence-electron chi connectivity index (χ1n) is 12.5. The molecule has 0 aliphatic carbocycles. The highest BCUT2D eigenvalue weighted by Crippen LogP contribution is 2.18. The van der Waals surface area contributed by atoms with Gasteiger partial charge in [0.05, 0.1) is 12.2 Å². The number of nitrogens with one attached hydrogen (secondary N) is 1. The Labute approximate surface area is 213 Å². The summed E-state index contributed by atoms with van der Waals surface area (Å²) in [5.41, 5.74) is 7.29. The fraction of sp³-hybridized carbons (Fsp3) is 0.464. The zero-order valence-electron chi connectivity index (χ0n) is 21.3. The van der Waals surface area contributed by atoms with Crippen LogP contribution in [0.2, 0.25) is 0 Å². The Kier molecular flexibility index (Phi) is 9.87. The molecule has 0 saturated carbocycles. The van der Waals surface area contributed by atoms with E-state index in [1.165, 1.54) is 0 Å². The minimum Gasteiger partial charge on any atom is -0.489 e. The molecule has 3 amide bonds. The van der Waals surface area contributed by atoms with Crippen LogP contribution in [-0.4, -0.2) is 54.0 Å². The number of hydrogen-bond donors (Lipinski definition) is 2. The fourth-order valence-electron chi connectivity index (χ4n) is 4.23. The van der Waals surface area contributed by atoms with Crippen molar-refractivity contribution in [3.05, 3.63) is 65.7 Å². The van der Waals surface area contributed by atoms with Gasteiger partial charge >= 0.3 is 0 Å². The quantitative estimate of drug-likeness (QED) is 0.498. The summed E-state index contributed by atoms with van der Waals surface area (Å²) in [4.78, 5) is 39.2. The zero-order chi connectivity index (χ0) is 26.1. The zero-order valence-corrected chi connectivity index (χ0v) is 21.3. The highest BCUT2D eigenvalue weighted by molar-refractivity contribution is 5.88. The largest absolute Gasteiger partial charge is 0.489 e. The molecule has 8 nitrogen and oxygen atoms in total. The van der Waals surface area contributed by atoms with Gasteiger partial charge in [-0.25, -0.2) is 0 Å². The molecule has 0 spiro atoms. The van der Waals surface area contributed by atoms with Crippen molar-refractivity contribution in [2.45, 2.75) is 64.9 Å². The van der Waals surface area contributed by atoms with Gasteiger partial charge in [-0.15, -0.1) is 0 Å². The molecule has 2 aromatic rings. The summed E-state index contributed by atoms with van der Waals surface area (Å²) in [5, 5.41) is 2.89. The third-order valence-corrected chi connectivity index (χ3v) is 6.27. The number of nitrogens with two attached hydrogens (primary N) is 1. The van der Waals surface area contributed by atoms with E-state index in [0.717, 1.165) is 16.9 Å². The molecule has 0 radical (unpaired) electrons. The Morgan fingerprint density at radius 3 is 2.28 bits per heavy atom. The van der Waals surface area contributed by atoms with E-state index >= 15 is 0 Å². The van der Waals surface area contributed by atoms with Crippen LogP contribution in [0.4, 0.5) is 0 Å². The predicted octanol–water partition coefficient (Wildman–Crippen LogP) is 2.83. The van der Waals surface area contributed by atoms with E-state index in [-0.39, 0.29) is 30.4 Å². The van der Waals surface area contributed by atoms with Crippen molar-refractivity contribution in [3.63, 3.8) is 0 Å². The Morgan fingerprint density at radius 1 is 1.03 bits per heavy atom. The number of rotatable bonds is 11. The van der Waals surface area contributed by atoms with Gasteiger partial charge in [0.1, 0.15) is 18.4 Å². The van der Waals surface area contributed by atoms with Gasteiger partial charge in [0.15, 0.2) is 0 Å². The lowest BCUT2D eigenvalue weighted by Crippen LogP contribution is -2.55. The molecule has 1 aliphatic heterocycles. The van der Waals surface area contributed by atoms with E-state index in [4.69, 9.17) is 15.2 Å². The smallest absolute Gasteiger partial charge is 0.245 e. The molecular weight excluding hydrogens is 458 g/mol. The maximum absolute atomic E-state index is 13.5. The second kappa shape index (κ2) is 13.1. The molecule has 4 atom stereocenters. The second-order valence-corrected chi connectivity index (χ2v) is 9.59. The van der Waals surface area contributed by atoms with Crippen LogP contribution in [0.5, 0.6) is 5.75 Å². The summed E-state index contributed by atoms with van der Waals surface area (Å²) in [6, 6.07) is 16.7. The Balaban J connectivity index is 1.66. The number of ether oxygens (including phenoxy) is 2. The Bertz CT molecular complexity index is 1000. The lowest BCUT2D eigenvalue weighted by Gasteiger charge is -2.37. The highest BCUT2D eigenvalue weighted by Gasteiger charge is 2.31. The van der Waals surface area contributed by atoms with Gasteiger partial charge in [-0.3, -0.25) is 14.4 Å². The topological polar surface area (TPSA) is 111 Å². The summed E-state index contributed by atoms with van der Waals surface area (Å²) in [7, 11) is 0. The molecule has 1 fully saturated rings. The molecule has 194 valence electrons. The van der Waals surface area contributed by atoms with Crippen molar-refractivity contribution < 1.29 is 23.9 Å². The summed E-state index contributed by atoms with van der Waals surface area (Å²) in [6.45, 7) is 6.97. The van der Waals surface area contributed by atoms with Gasteiger partial charge in [-0.2, -0.15) is 0 Å². The number of carbonyl (C=O) groups excluding carboxylic acids is 3. The average Bonchev–Trinajstić information content (AvgIpc) is 2.86. The minimum atomic E-state index is -0.727. The number of carbonyl (C=O) groups is 3. The molecule has 1 heterocycles. The fourth-order valence-corrected chi connectivity index (χ4v) is 4.23. The molecule has 0 bridgehead atoms. The molecule has 36 heavy (non-hydrogen) atoms. The van der Waals surface area contributed by atoms with Crippen LogP contribution in [0.1, 0.15) is 44.7 Å². The Hall–Kier alpha value is -3.39. The summed E-state index contributed by atoms with van der Waals surface area (Å²) in [5.74, 6) is -0.544. The maximum atomic E-state index is 13.5. The number of hydrogen-bond acceptors (Lipinski definition) is 5. The monoisotopic (exact) mass is 495 g/mol. The van der Waals surface area contributed by atoms with Crippen LogP contribution < -0.4 is 15.8 Å². The molecule has 3 rings (SSSR count). The number of morpholine rings is 1. The van der Waals surface area contributed by atoms with Gasteiger partial charge in [0.25, 0.3) is 0 Å². The van der Waals surface area contributed by atoms with E-state index in [1.807, 2.05) is 68.4 Å². The van der Waals surface area contributed by atoms with E-state index in [2.05, 4.69) is 5.32 Å². The predicted molar refractivity (Wildman–Crippen MR) is 137 cm³/mol. The average molecular weight is 496 g/mol. The number of nitrogens with zero attached hydrogens (tertiary/aromatic N) is 1. The summed E-state index contributed by atoms with van der Waals surface area (Å²) < 4.78 is 11.6. The molecule has 1 aliphatic rings. The molecule has 0 aromatic heterocycles. The Morgan fingerprint density at radius 2 is 1.67 bits per heavy atom. The van der Waals surface area contributed by atoms with Crippen LogP contribution in [0.15, 0.2) is 54.6 Å². The lowest BCUT2D eigenvalue weighted by atomic mass is 10.0. The van der Waals surface area contributed by atoms with Crippen molar-refractivity contribution in [3.8, 4) is 5.75 Å². The first kappa shape index (κ1) is 27.2. The molecule has 4 unspecified atom stereocenters. The van der Waals surface area contributed by atoms with E-state index in [1.54, 1.807) is 11.8 Å². The first-order chi connectivity index (χ1) is 17.2. The number of amides is 3. The normalized spacial score (nSPS) is 19.2. The highest BCUT2D eigenvalue weighted by atomic mass is 16.5. The van der Waals surface area contributed by atoms with E-state index in [0.29, 0.717) is 32.5 Å². The molecule has 1 saturated heterocycles. The van der Waals surface area contributed by atoms with Gasteiger partial charge in [-0.05, 0) is 43.5 Å². The number of primary amides is 1. The standard InChI is InChI=1S/C28H37N3O5/c1-19(27(29)33)9-14-26(32)30-25(28(34)31-16-20(2)36-21(3)17-31)15-22-10-12-24(13-11-22)35-18-23-7-5-4-6-8-23/h4-8,10-13,19-21,25H,9,14-18H2,1-3H3,(H2,29,33)(H,30,32). The van der Waals surface area contributed by atoms with Crippen LogP contribution in [-0.2, 0) is 32.1 Å². The van der Waals surface area contributed by atoms with Crippen LogP contribution >= 0.6 is 0 Å². The van der Waals surface area contributed by atoms with Gasteiger partial charge in [0.2, 0.25) is 17.7 Å². The summed E-state index contributed by atoms with van der Waals surface area (Å²) in [6.07, 6.45) is 0.643. The van der Waals surface area contributed by atoms with E-state index in [9.17, 15) is 14.4 Å². The van der Waals surface area contributed by atoms with Crippen molar-refractivity contribution >= 4 is 17.7 Å². The molecule has 2 aromatic carbocycles. The molecule has 8 heteroatoms.